The molecule has 1 aliphatic heterocycles. The third kappa shape index (κ3) is 4.18. The second kappa shape index (κ2) is 8.93. The van der Waals surface area contributed by atoms with E-state index in [0.29, 0.717) is 23.9 Å². The third-order valence-electron chi connectivity index (χ3n) is 5.46. The molecule has 4 aromatic rings. The Balaban J connectivity index is 1.53. The Morgan fingerprint density at radius 2 is 1.75 bits per heavy atom. The lowest BCUT2D eigenvalue weighted by Gasteiger charge is -2.24. The maximum absolute atomic E-state index is 13.1. The molecule has 0 saturated carbocycles. The van der Waals surface area contributed by atoms with Crippen LogP contribution in [-0.2, 0) is 0 Å². The number of nitrogens with zero attached hydrogens (tertiary/aromatic N) is 5. The van der Waals surface area contributed by atoms with Crippen LogP contribution in [0.4, 0.5) is 11.5 Å². The van der Waals surface area contributed by atoms with Gasteiger partial charge in [0.25, 0.3) is 5.91 Å². The minimum Gasteiger partial charge on any atom is -0.340 e. The molecular weight excluding hydrogens is 400 g/mol. The quantitative estimate of drug-likeness (QED) is 0.504. The highest BCUT2D eigenvalue weighted by Gasteiger charge is 2.33. The van der Waals surface area contributed by atoms with Gasteiger partial charge in [-0.05, 0) is 49.2 Å². The number of likely N-dealkylation sites (tertiary alicyclic amines) is 1. The van der Waals surface area contributed by atoms with Crippen LogP contribution >= 0.6 is 0 Å². The Kier molecular flexibility index (Phi) is 5.53. The molecule has 158 valence electrons. The van der Waals surface area contributed by atoms with E-state index in [2.05, 4.69) is 15.3 Å². The zero-order chi connectivity index (χ0) is 21.8. The van der Waals surface area contributed by atoms with Crippen molar-refractivity contribution in [3.8, 4) is 11.3 Å². The van der Waals surface area contributed by atoms with Crippen LogP contribution < -0.4 is 5.32 Å². The summed E-state index contributed by atoms with van der Waals surface area (Å²) in [5, 5.41) is 3.37. The number of pyridine rings is 2. The molecule has 1 saturated heterocycles. The van der Waals surface area contributed by atoms with E-state index in [4.69, 9.17) is 9.97 Å². The SMILES string of the molecule is O=C(c1ccccn1)N1CCC[C@H]1c1nc(Nc2ccccc2)cc(-c2ccncc2)n1. The Morgan fingerprint density at radius 3 is 2.53 bits per heavy atom. The van der Waals surface area contributed by atoms with Crippen molar-refractivity contribution in [3.63, 3.8) is 0 Å². The molecule has 1 atom stereocenters. The zero-order valence-electron chi connectivity index (χ0n) is 17.4. The van der Waals surface area contributed by atoms with Gasteiger partial charge in [-0.25, -0.2) is 9.97 Å². The van der Waals surface area contributed by atoms with Gasteiger partial charge in [-0.3, -0.25) is 14.8 Å². The smallest absolute Gasteiger partial charge is 0.273 e. The van der Waals surface area contributed by atoms with Crippen LogP contribution in [0.25, 0.3) is 11.3 Å². The van der Waals surface area contributed by atoms with Gasteiger partial charge in [0.1, 0.15) is 11.5 Å². The lowest BCUT2D eigenvalue weighted by Crippen LogP contribution is -2.32. The molecule has 1 aliphatic rings. The monoisotopic (exact) mass is 422 g/mol. The fraction of sp³-hybridized carbons (Fsp3) is 0.160. The number of carbonyl (C=O) groups is 1. The van der Waals surface area contributed by atoms with E-state index >= 15 is 0 Å². The Bertz CT molecular complexity index is 1200. The summed E-state index contributed by atoms with van der Waals surface area (Å²) in [6, 6.07) is 20.8. The summed E-state index contributed by atoms with van der Waals surface area (Å²) in [7, 11) is 0. The van der Waals surface area contributed by atoms with Crippen molar-refractivity contribution in [1.82, 2.24) is 24.8 Å². The molecule has 0 aliphatic carbocycles. The number of aromatic nitrogens is 4. The van der Waals surface area contributed by atoms with Crippen molar-refractivity contribution in [1.29, 1.82) is 0 Å². The van der Waals surface area contributed by atoms with Gasteiger partial charge in [0.15, 0.2) is 5.82 Å². The van der Waals surface area contributed by atoms with Gasteiger partial charge >= 0.3 is 0 Å². The van der Waals surface area contributed by atoms with E-state index in [1.165, 1.54) is 0 Å². The molecule has 0 spiro atoms. The molecule has 0 bridgehead atoms. The zero-order valence-corrected chi connectivity index (χ0v) is 17.4. The number of amides is 1. The van der Waals surface area contributed by atoms with E-state index in [9.17, 15) is 4.79 Å². The second-order valence-electron chi connectivity index (χ2n) is 7.60. The number of nitrogens with one attached hydrogen (secondary N) is 1. The van der Waals surface area contributed by atoms with E-state index in [1.807, 2.05) is 59.5 Å². The average molecular weight is 422 g/mol. The van der Waals surface area contributed by atoms with Crippen LogP contribution in [-0.4, -0.2) is 37.3 Å². The number of carbonyl (C=O) groups excluding carboxylic acids is 1. The van der Waals surface area contributed by atoms with Crippen LogP contribution in [0.15, 0.2) is 85.3 Å². The molecule has 7 nitrogen and oxygen atoms in total. The summed E-state index contributed by atoms with van der Waals surface area (Å²) in [4.78, 5) is 33.0. The van der Waals surface area contributed by atoms with Gasteiger partial charge in [0, 0.05) is 42.5 Å². The predicted octanol–water partition coefficient (Wildman–Crippen LogP) is 4.65. The Hall–Kier alpha value is -4.13. The molecule has 32 heavy (non-hydrogen) atoms. The van der Waals surface area contributed by atoms with Crippen molar-refractivity contribution in [2.24, 2.45) is 0 Å². The normalized spacial score (nSPS) is 15.5. The molecule has 0 radical (unpaired) electrons. The van der Waals surface area contributed by atoms with Gasteiger partial charge in [0.05, 0.1) is 11.7 Å². The first kappa shape index (κ1) is 19.8. The summed E-state index contributed by atoms with van der Waals surface area (Å²) >= 11 is 0. The van der Waals surface area contributed by atoms with Crippen LogP contribution in [0.2, 0.25) is 0 Å². The minimum absolute atomic E-state index is 0.0939. The molecule has 1 aromatic carbocycles. The van der Waals surface area contributed by atoms with Crippen LogP contribution in [0.3, 0.4) is 0 Å². The van der Waals surface area contributed by atoms with Gasteiger partial charge in [0.2, 0.25) is 0 Å². The van der Waals surface area contributed by atoms with Gasteiger partial charge in [-0.1, -0.05) is 24.3 Å². The standard InChI is InChI=1S/C25H22N6O/c32-25(20-9-4-5-13-27-20)31-16-6-10-22(31)24-29-21(18-11-14-26-15-12-18)17-23(30-24)28-19-7-2-1-3-8-19/h1-5,7-9,11-15,17,22H,6,10,16H2,(H,28,29,30)/t22-/m0/s1. The maximum atomic E-state index is 13.1. The molecule has 1 amide bonds. The fourth-order valence-electron chi connectivity index (χ4n) is 3.93. The first-order valence-corrected chi connectivity index (χ1v) is 10.6. The Labute approximate surface area is 186 Å². The summed E-state index contributed by atoms with van der Waals surface area (Å²) in [6.45, 7) is 0.657. The van der Waals surface area contributed by atoms with E-state index < -0.39 is 0 Å². The van der Waals surface area contributed by atoms with Crippen LogP contribution in [0.1, 0.15) is 35.2 Å². The van der Waals surface area contributed by atoms with Gasteiger partial charge in [-0.2, -0.15) is 0 Å². The lowest BCUT2D eigenvalue weighted by molar-refractivity contribution is 0.0724. The number of anilines is 2. The summed E-state index contributed by atoms with van der Waals surface area (Å²) in [5.74, 6) is 1.22. The summed E-state index contributed by atoms with van der Waals surface area (Å²) < 4.78 is 0. The summed E-state index contributed by atoms with van der Waals surface area (Å²) in [5.41, 5.74) is 3.10. The van der Waals surface area contributed by atoms with Gasteiger partial charge in [-0.15, -0.1) is 0 Å². The van der Waals surface area contributed by atoms with Crippen molar-refractivity contribution in [2.45, 2.75) is 18.9 Å². The molecule has 0 unspecified atom stereocenters. The van der Waals surface area contributed by atoms with Crippen molar-refractivity contribution < 1.29 is 4.79 Å². The number of rotatable bonds is 5. The number of hydrogen-bond donors (Lipinski definition) is 1. The largest absolute Gasteiger partial charge is 0.340 e. The van der Waals surface area contributed by atoms with E-state index in [0.717, 1.165) is 29.8 Å². The second-order valence-corrected chi connectivity index (χ2v) is 7.60. The van der Waals surface area contributed by atoms with Crippen molar-refractivity contribution in [2.75, 3.05) is 11.9 Å². The molecule has 4 heterocycles. The van der Waals surface area contributed by atoms with E-state index in [-0.39, 0.29) is 11.9 Å². The third-order valence-corrected chi connectivity index (χ3v) is 5.46. The topological polar surface area (TPSA) is 83.9 Å². The highest BCUT2D eigenvalue weighted by atomic mass is 16.2. The van der Waals surface area contributed by atoms with Crippen LogP contribution in [0, 0.1) is 0 Å². The average Bonchev–Trinajstić information content (AvgIpc) is 3.35. The lowest BCUT2D eigenvalue weighted by atomic mass is 10.1. The molecule has 3 aromatic heterocycles. The fourth-order valence-corrected chi connectivity index (χ4v) is 3.93. The highest BCUT2D eigenvalue weighted by molar-refractivity contribution is 5.92. The first-order chi connectivity index (χ1) is 15.8. The predicted molar refractivity (Wildman–Crippen MR) is 122 cm³/mol. The molecular formula is C25H22N6O. The van der Waals surface area contributed by atoms with Crippen LogP contribution in [0.5, 0.6) is 0 Å². The molecule has 5 rings (SSSR count). The number of hydrogen-bond acceptors (Lipinski definition) is 6. The van der Waals surface area contributed by atoms with Gasteiger partial charge < -0.3 is 10.2 Å². The molecule has 1 fully saturated rings. The highest BCUT2D eigenvalue weighted by Crippen LogP contribution is 2.33. The summed E-state index contributed by atoms with van der Waals surface area (Å²) in [6.07, 6.45) is 6.83. The molecule has 7 heteroatoms. The maximum Gasteiger partial charge on any atom is 0.273 e. The minimum atomic E-state index is -0.206. The Morgan fingerprint density at radius 1 is 0.938 bits per heavy atom. The van der Waals surface area contributed by atoms with Crippen molar-refractivity contribution in [3.05, 3.63) is 96.8 Å². The van der Waals surface area contributed by atoms with Crippen molar-refractivity contribution >= 4 is 17.4 Å². The molecule has 1 N–H and O–H groups in total. The first-order valence-electron chi connectivity index (χ1n) is 10.6. The van der Waals surface area contributed by atoms with E-state index in [1.54, 1.807) is 30.7 Å². The number of para-hydroxylation sites is 1. The number of benzene rings is 1.